The molecule has 0 atom stereocenters. The van der Waals surface area contributed by atoms with E-state index in [0.29, 0.717) is 5.75 Å². The van der Waals surface area contributed by atoms with Crippen molar-refractivity contribution in [3.8, 4) is 11.8 Å². The predicted molar refractivity (Wildman–Crippen MR) is 56.2 cm³/mol. The van der Waals surface area contributed by atoms with Gasteiger partial charge in [-0.1, -0.05) is 0 Å². The van der Waals surface area contributed by atoms with Crippen LogP contribution in [0, 0.1) is 0 Å². The summed E-state index contributed by atoms with van der Waals surface area (Å²) < 4.78 is 35.5. The third-order valence-electron chi connectivity index (χ3n) is 1.80. The van der Waals surface area contributed by atoms with E-state index in [1.807, 2.05) is 0 Å². The zero-order valence-electron chi connectivity index (χ0n) is 8.39. The average molecular weight is 253 g/mol. The van der Waals surface area contributed by atoms with Gasteiger partial charge in [0.05, 0.1) is 4.90 Å². The molecule has 0 aliphatic heterocycles. The lowest BCUT2D eigenvalue weighted by atomic mass is 10.3. The van der Waals surface area contributed by atoms with Crippen LogP contribution in [0.1, 0.15) is 0 Å². The Morgan fingerprint density at radius 3 is 2.18 bits per heavy atom. The monoisotopic (exact) mass is 253 g/mol. The molecule has 1 aromatic carbocycles. The normalized spacial score (nSPS) is 11.1. The Kier molecular flexibility index (Phi) is 2.98. The number of hydrogen-bond donors (Lipinski definition) is 1. The van der Waals surface area contributed by atoms with Crippen LogP contribution in [-0.2, 0) is 10.1 Å². The van der Waals surface area contributed by atoms with Crippen molar-refractivity contribution in [1.29, 1.82) is 0 Å². The van der Waals surface area contributed by atoms with E-state index >= 15 is 0 Å². The smallest absolute Gasteiger partial charge is 0.324 e. The molecule has 17 heavy (non-hydrogen) atoms. The summed E-state index contributed by atoms with van der Waals surface area (Å²) in [6.07, 6.45) is 2.55. The zero-order valence-corrected chi connectivity index (χ0v) is 9.20. The van der Waals surface area contributed by atoms with E-state index in [1.165, 1.54) is 36.9 Å². The number of aromatic nitrogens is 3. The second kappa shape index (κ2) is 4.44. The van der Waals surface area contributed by atoms with E-state index in [-0.39, 0.29) is 10.9 Å². The average Bonchev–Trinajstić information content (AvgIpc) is 2.30. The van der Waals surface area contributed by atoms with Crippen molar-refractivity contribution in [3.05, 3.63) is 36.9 Å². The molecule has 0 fully saturated rings. The Morgan fingerprint density at radius 2 is 1.65 bits per heavy atom. The SMILES string of the molecule is O=S(=O)(O)c1ccc(Oc2ncncn2)cc1. The minimum atomic E-state index is -4.19. The van der Waals surface area contributed by atoms with E-state index in [9.17, 15) is 8.42 Å². The minimum absolute atomic E-state index is 0.0969. The van der Waals surface area contributed by atoms with E-state index in [1.54, 1.807) is 0 Å². The molecule has 0 unspecified atom stereocenters. The van der Waals surface area contributed by atoms with Gasteiger partial charge in [0.15, 0.2) is 0 Å². The van der Waals surface area contributed by atoms with Gasteiger partial charge in [0.1, 0.15) is 18.4 Å². The van der Waals surface area contributed by atoms with Gasteiger partial charge in [-0.25, -0.2) is 4.98 Å². The fourth-order valence-electron chi connectivity index (χ4n) is 1.07. The van der Waals surface area contributed by atoms with Crippen molar-refractivity contribution in [2.75, 3.05) is 0 Å². The quantitative estimate of drug-likeness (QED) is 0.811. The van der Waals surface area contributed by atoms with Crippen molar-refractivity contribution in [1.82, 2.24) is 15.0 Å². The third kappa shape index (κ3) is 2.95. The molecule has 1 heterocycles. The second-order valence-corrected chi connectivity index (χ2v) is 4.39. The van der Waals surface area contributed by atoms with Crippen LogP contribution in [0.3, 0.4) is 0 Å². The summed E-state index contributed by atoms with van der Waals surface area (Å²) in [5.74, 6) is 0.351. The molecule has 0 aliphatic carbocycles. The standard InChI is InChI=1S/C9H7N3O4S/c13-17(14,15)8-3-1-7(2-4-8)16-9-11-5-10-6-12-9/h1-6H,(H,13,14,15). The summed E-state index contributed by atoms with van der Waals surface area (Å²) in [6, 6.07) is 5.29. The van der Waals surface area contributed by atoms with Gasteiger partial charge in [-0.15, -0.1) is 0 Å². The molecule has 88 valence electrons. The molecular weight excluding hydrogens is 246 g/mol. The molecule has 0 spiro atoms. The summed E-state index contributed by atoms with van der Waals surface area (Å²) in [5.41, 5.74) is 0. The van der Waals surface area contributed by atoms with Crippen LogP contribution in [0.15, 0.2) is 41.8 Å². The van der Waals surface area contributed by atoms with Gasteiger partial charge in [0, 0.05) is 0 Å². The summed E-state index contributed by atoms with van der Waals surface area (Å²) in [4.78, 5) is 10.9. The number of benzene rings is 1. The summed E-state index contributed by atoms with van der Waals surface area (Å²) in [5, 5.41) is 0. The first-order valence-corrected chi connectivity index (χ1v) is 5.87. The predicted octanol–water partition coefficient (Wildman–Crippen LogP) is 0.911. The summed E-state index contributed by atoms with van der Waals surface area (Å²) in [6.45, 7) is 0. The van der Waals surface area contributed by atoms with Crippen molar-refractivity contribution in [2.45, 2.75) is 4.90 Å². The number of hydrogen-bond acceptors (Lipinski definition) is 6. The van der Waals surface area contributed by atoms with E-state index in [4.69, 9.17) is 9.29 Å². The largest absolute Gasteiger partial charge is 0.424 e. The van der Waals surface area contributed by atoms with Gasteiger partial charge in [0.25, 0.3) is 10.1 Å². The van der Waals surface area contributed by atoms with E-state index < -0.39 is 10.1 Å². The third-order valence-corrected chi connectivity index (χ3v) is 2.67. The maximum atomic E-state index is 10.8. The van der Waals surface area contributed by atoms with Crippen LogP contribution in [0.25, 0.3) is 0 Å². The highest BCUT2D eigenvalue weighted by Gasteiger charge is 2.09. The Labute approximate surface area is 96.9 Å². The molecular formula is C9H7N3O4S. The molecule has 2 rings (SSSR count). The van der Waals surface area contributed by atoms with Crippen LogP contribution >= 0.6 is 0 Å². The molecule has 0 amide bonds. The first-order chi connectivity index (χ1) is 8.05. The molecule has 7 nitrogen and oxygen atoms in total. The lowest BCUT2D eigenvalue weighted by Crippen LogP contribution is -1.97. The molecule has 0 saturated heterocycles. The Hall–Kier alpha value is -2.06. The molecule has 1 aromatic heterocycles. The molecule has 0 radical (unpaired) electrons. The molecule has 1 N–H and O–H groups in total. The first kappa shape index (κ1) is 11.4. The highest BCUT2D eigenvalue weighted by Crippen LogP contribution is 2.19. The lowest BCUT2D eigenvalue weighted by Gasteiger charge is -2.03. The van der Waals surface area contributed by atoms with Crippen LogP contribution in [0.5, 0.6) is 11.8 Å². The lowest BCUT2D eigenvalue weighted by molar-refractivity contribution is 0.438. The number of rotatable bonds is 3. The van der Waals surface area contributed by atoms with Crippen molar-refractivity contribution >= 4 is 10.1 Å². The molecule has 0 bridgehead atoms. The highest BCUT2D eigenvalue weighted by molar-refractivity contribution is 7.85. The Bertz CT molecular complexity index is 598. The van der Waals surface area contributed by atoms with Crippen molar-refractivity contribution in [2.24, 2.45) is 0 Å². The fraction of sp³-hybridized carbons (Fsp3) is 0. The summed E-state index contributed by atoms with van der Waals surface area (Å²) >= 11 is 0. The van der Waals surface area contributed by atoms with E-state index in [0.717, 1.165) is 0 Å². The Balaban J connectivity index is 2.20. The molecule has 2 aromatic rings. The number of nitrogens with zero attached hydrogens (tertiary/aromatic N) is 3. The minimum Gasteiger partial charge on any atom is -0.424 e. The van der Waals surface area contributed by atoms with Crippen LogP contribution in [0.2, 0.25) is 0 Å². The summed E-state index contributed by atoms with van der Waals surface area (Å²) in [7, 11) is -4.19. The topological polar surface area (TPSA) is 102 Å². The van der Waals surface area contributed by atoms with Gasteiger partial charge in [0.2, 0.25) is 0 Å². The molecule has 0 saturated carbocycles. The van der Waals surface area contributed by atoms with Crippen LogP contribution in [-0.4, -0.2) is 27.9 Å². The van der Waals surface area contributed by atoms with Crippen molar-refractivity contribution in [3.63, 3.8) is 0 Å². The first-order valence-electron chi connectivity index (χ1n) is 4.43. The van der Waals surface area contributed by atoms with Crippen molar-refractivity contribution < 1.29 is 17.7 Å². The van der Waals surface area contributed by atoms with Crippen LogP contribution in [0.4, 0.5) is 0 Å². The maximum absolute atomic E-state index is 10.8. The van der Waals surface area contributed by atoms with Crippen LogP contribution < -0.4 is 4.74 Å². The van der Waals surface area contributed by atoms with E-state index in [2.05, 4.69) is 15.0 Å². The Morgan fingerprint density at radius 1 is 1.06 bits per heavy atom. The molecule has 0 aliphatic rings. The van der Waals surface area contributed by atoms with Gasteiger partial charge in [-0.2, -0.15) is 18.4 Å². The maximum Gasteiger partial charge on any atom is 0.324 e. The molecule has 8 heteroatoms. The second-order valence-electron chi connectivity index (χ2n) is 2.97. The zero-order chi connectivity index (χ0) is 12.3. The van der Waals surface area contributed by atoms with Gasteiger partial charge < -0.3 is 4.74 Å². The van der Waals surface area contributed by atoms with Gasteiger partial charge in [-0.3, -0.25) is 4.55 Å². The fourth-order valence-corrected chi connectivity index (χ4v) is 1.55. The van der Waals surface area contributed by atoms with Gasteiger partial charge >= 0.3 is 6.01 Å². The highest BCUT2D eigenvalue weighted by atomic mass is 32.2. The van der Waals surface area contributed by atoms with Gasteiger partial charge in [-0.05, 0) is 24.3 Å². The number of ether oxygens (including phenoxy) is 1.